The fourth-order valence-electron chi connectivity index (χ4n) is 6.67. The third-order valence-electron chi connectivity index (χ3n) is 7.52. The van der Waals surface area contributed by atoms with Gasteiger partial charge in [-0.2, -0.15) is 0 Å². The van der Waals surface area contributed by atoms with Gasteiger partial charge in [0, 0.05) is 5.41 Å². The van der Waals surface area contributed by atoms with Gasteiger partial charge in [-0.25, -0.2) is 0 Å². The SMILES string of the molecule is COc1ccc([C@@]23C[C@H]2CC24CCCCCC[C@H]2[C@H]43)cc1. The average molecular weight is 282 g/mol. The zero-order chi connectivity index (χ0) is 14.1. The van der Waals surface area contributed by atoms with Crippen molar-refractivity contribution in [1.82, 2.24) is 0 Å². The zero-order valence-electron chi connectivity index (χ0n) is 13.1. The van der Waals surface area contributed by atoms with Gasteiger partial charge in [-0.3, -0.25) is 0 Å². The smallest absolute Gasteiger partial charge is 0.118 e. The summed E-state index contributed by atoms with van der Waals surface area (Å²) >= 11 is 0. The number of methoxy groups -OCH3 is 1. The minimum atomic E-state index is 0.585. The Labute approximate surface area is 128 Å². The molecular weight excluding hydrogens is 256 g/mol. The van der Waals surface area contributed by atoms with Gasteiger partial charge in [0.25, 0.3) is 0 Å². The second-order valence-electron chi connectivity index (χ2n) is 8.14. The molecule has 0 amide bonds. The van der Waals surface area contributed by atoms with Gasteiger partial charge in [-0.05, 0) is 66.5 Å². The van der Waals surface area contributed by atoms with E-state index in [2.05, 4.69) is 24.3 Å². The first kappa shape index (κ1) is 12.6. The van der Waals surface area contributed by atoms with Crippen LogP contribution in [0.4, 0.5) is 0 Å². The van der Waals surface area contributed by atoms with Crippen molar-refractivity contribution in [2.45, 2.75) is 56.8 Å². The first-order valence-electron chi connectivity index (χ1n) is 8.96. The van der Waals surface area contributed by atoms with E-state index < -0.39 is 0 Å². The predicted molar refractivity (Wildman–Crippen MR) is 84.5 cm³/mol. The molecule has 4 aliphatic carbocycles. The minimum Gasteiger partial charge on any atom is -0.497 e. The van der Waals surface area contributed by atoms with Gasteiger partial charge in [0.15, 0.2) is 0 Å². The summed E-state index contributed by atoms with van der Waals surface area (Å²) < 4.78 is 5.34. The van der Waals surface area contributed by atoms with Gasteiger partial charge in [0.2, 0.25) is 0 Å². The fourth-order valence-corrected chi connectivity index (χ4v) is 6.67. The van der Waals surface area contributed by atoms with Crippen molar-refractivity contribution >= 4 is 0 Å². The van der Waals surface area contributed by atoms with E-state index in [9.17, 15) is 0 Å². The van der Waals surface area contributed by atoms with Gasteiger partial charge in [0.1, 0.15) is 5.75 Å². The van der Waals surface area contributed by atoms with Crippen LogP contribution in [-0.4, -0.2) is 7.11 Å². The van der Waals surface area contributed by atoms with Crippen molar-refractivity contribution in [3.8, 4) is 5.75 Å². The summed E-state index contributed by atoms with van der Waals surface area (Å²) in [5.74, 6) is 4.11. The van der Waals surface area contributed by atoms with Gasteiger partial charge >= 0.3 is 0 Å². The standard InChI is InChI=1S/C20H26O/c1-21-16-9-7-14(8-10-16)20-13-15(20)12-19-11-5-3-2-4-6-17(19)18(19)20/h7-10,15,17-18H,2-6,11-13H2,1H3/t15-,17+,18-,19?,20+/m1/s1. The van der Waals surface area contributed by atoms with Crippen LogP contribution in [0.1, 0.15) is 56.9 Å². The summed E-state index contributed by atoms with van der Waals surface area (Å²) in [6, 6.07) is 9.08. The fraction of sp³-hybridized carbons (Fsp3) is 0.700. The molecule has 0 aliphatic heterocycles. The van der Waals surface area contributed by atoms with E-state index >= 15 is 0 Å². The van der Waals surface area contributed by atoms with Crippen molar-refractivity contribution in [3.05, 3.63) is 29.8 Å². The van der Waals surface area contributed by atoms with E-state index in [0.29, 0.717) is 5.41 Å². The molecule has 1 spiro atoms. The maximum atomic E-state index is 5.34. The van der Waals surface area contributed by atoms with Gasteiger partial charge in [0.05, 0.1) is 7.11 Å². The van der Waals surface area contributed by atoms with Gasteiger partial charge in [-0.1, -0.05) is 37.8 Å². The molecule has 1 nitrogen and oxygen atoms in total. The third-order valence-corrected chi connectivity index (χ3v) is 7.52. The third kappa shape index (κ3) is 1.48. The summed E-state index contributed by atoms with van der Waals surface area (Å²) in [6.07, 6.45) is 12.0. The molecule has 4 saturated carbocycles. The molecule has 1 aromatic carbocycles. The highest BCUT2D eigenvalue weighted by atomic mass is 16.5. The van der Waals surface area contributed by atoms with E-state index in [1.54, 1.807) is 19.1 Å². The molecular formula is C20H26O. The summed E-state index contributed by atoms with van der Waals surface area (Å²) in [5.41, 5.74) is 2.99. The van der Waals surface area contributed by atoms with E-state index in [-0.39, 0.29) is 0 Å². The summed E-state index contributed by atoms with van der Waals surface area (Å²) in [6.45, 7) is 0. The summed E-state index contributed by atoms with van der Waals surface area (Å²) in [7, 11) is 1.76. The summed E-state index contributed by atoms with van der Waals surface area (Å²) in [5, 5.41) is 0. The Hall–Kier alpha value is -0.980. The molecule has 0 radical (unpaired) electrons. The monoisotopic (exact) mass is 282 g/mol. The predicted octanol–water partition coefficient (Wildman–Crippen LogP) is 4.94. The van der Waals surface area contributed by atoms with Crippen molar-refractivity contribution in [1.29, 1.82) is 0 Å². The number of hydrogen-bond donors (Lipinski definition) is 0. The van der Waals surface area contributed by atoms with Gasteiger partial charge < -0.3 is 4.74 Å². The Kier molecular flexibility index (Phi) is 2.42. The molecule has 0 bridgehead atoms. The Morgan fingerprint density at radius 2 is 1.81 bits per heavy atom. The molecule has 1 unspecified atom stereocenters. The number of ether oxygens (including phenoxy) is 1. The number of rotatable bonds is 2. The lowest BCUT2D eigenvalue weighted by Gasteiger charge is -2.18. The lowest BCUT2D eigenvalue weighted by Crippen LogP contribution is -2.12. The first-order chi connectivity index (χ1) is 10.3. The van der Waals surface area contributed by atoms with Crippen LogP contribution >= 0.6 is 0 Å². The van der Waals surface area contributed by atoms with Crippen LogP contribution in [0.3, 0.4) is 0 Å². The number of benzene rings is 1. The van der Waals surface area contributed by atoms with E-state index in [1.165, 1.54) is 44.9 Å². The molecule has 5 rings (SSSR count). The van der Waals surface area contributed by atoms with Crippen LogP contribution in [-0.2, 0) is 5.41 Å². The average Bonchev–Trinajstić information content (AvgIpc) is 3.34. The Morgan fingerprint density at radius 1 is 1.00 bits per heavy atom. The van der Waals surface area contributed by atoms with Crippen molar-refractivity contribution in [2.24, 2.45) is 23.2 Å². The quantitative estimate of drug-likeness (QED) is 0.746. The second-order valence-corrected chi connectivity index (χ2v) is 8.14. The topological polar surface area (TPSA) is 9.23 Å². The molecule has 112 valence electrons. The van der Waals surface area contributed by atoms with Crippen LogP contribution in [0.15, 0.2) is 24.3 Å². The lowest BCUT2D eigenvalue weighted by atomic mass is 9.87. The number of fused-ring (bicyclic) bond motifs is 3. The van der Waals surface area contributed by atoms with Gasteiger partial charge in [-0.15, -0.1) is 0 Å². The van der Waals surface area contributed by atoms with Crippen LogP contribution in [0.2, 0.25) is 0 Å². The molecule has 5 atom stereocenters. The molecule has 4 fully saturated rings. The maximum Gasteiger partial charge on any atom is 0.118 e. The largest absolute Gasteiger partial charge is 0.497 e. The van der Waals surface area contributed by atoms with Crippen LogP contribution in [0.25, 0.3) is 0 Å². The molecule has 0 heterocycles. The Morgan fingerprint density at radius 3 is 2.62 bits per heavy atom. The van der Waals surface area contributed by atoms with E-state index in [1.807, 2.05) is 0 Å². The highest BCUT2D eigenvalue weighted by Crippen LogP contribution is 2.88. The minimum absolute atomic E-state index is 0.585. The lowest BCUT2D eigenvalue weighted by molar-refractivity contribution is 0.328. The van der Waals surface area contributed by atoms with Crippen LogP contribution < -0.4 is 4.74 Å². The molecule has 21 heavy (non-hydrogen) atoms. The molecule has 0 aromatic heterocycles. The molecule has 4 aliphatic rings. The molecule has 1 heteroatoms. The van der Waals surface area contributed by atoms with E-state index in [0.717, 1.165) is 28.9 Å². The number of hydrogen-bond acceptors (Lipinski definition) is 1. The molecule has 0 N–H and O–H groups in total. The van der Waals surface area contributed by atoms with Crippen molar-refractivity contribution in [3.63, 3.8) is 0 Å². The molecule has 0 saturated heterocycles. The Bertz CT molecular complexity index is 562. The maximum absolute atomic E-state index is 5.34. The van der Waals surface area contributed by atoms with Crippen molar-refractivity contribution in [2.75, 3.05) is 7.11 Å². The normalized spacial score (nSPS) is 46.6. The zero-order valence-corrected chi connectivity index (χ0v) is 13.1. The highest BCUT2D eigenvalue weighted by molar-refractivity contribution is 5.46. The highest BCUT2D eigenvalue weighted by Gasteiger charge is 2.83. The van der Waals surface area contributed by atoms with Crippen LogP contribution in [0.5, 0.6) is 5.75 Å². The second kappa shape index (κ2) is 4.06. The summed E-state index contributed by atoms with van der Waals surface area (Å²) in [4.78, 5) is 0. The Balaban J connectivity index is 1.48. The molecule has 1 aromatic rings. The van der Waals surface area contributed by atoms with Crippen LogP contribution in [0, 0.1) is 23.2 Å². The van der Waals surface area contributed by atoms with Crippen molar-refractivity contribution < 1.29 is 4.74 Å². The van der Waals surface area contributed by atoms with E-state index in [4.69, 9.17) is 4.74 Å². The first-order valence-corrected chi connectivity index (χ1v) is 8.96.